The maximum Gasteiger partial charge on any atom is 0.264 e. The molecule has 0 saturated carbocycles. The van der Waals surface area contributed by atoms with E-state index in [2.05, 4.69) is 21.0 Å². The fourth-order valence-electron chi connectivity index (χ4n) is 2.25. The number of hydrogen-bond acceptors (Lipinski definition) is 4. The van der Waals surface area contributed by atoms with Gasteiger partial charge in [-0.25, -0.2) is 0 Å². The minimum Gasteiger partial charge on any atom is -0.482 e. The van der Waals surface area contributed by atoms with Crippen LogP contribution in [0, 0.1) is 0 Å². The van der Waals surface area contributed by atoms with Gasteiger partial charge in [0, 0.05) is 19.7 Å². The second-order valence-electron chi connectivity index (χ2n) is 4.60. The number of fused-ring (bicyclic) bond motifs is 1. The summed E-state index contributed by atoms with van der Waals surface area (Å²) >= 11 is 3.44. The molecular formula is C13H13BrN4O2. The van der Waals surface area contributed by atoms with Gasteiger partial charge in [-0.15, -0.1) is 0 Å². The molecular weight excluding hydrogens is 324 g/mol. The van der Waals surface area contributed by atoms with Crippen molar-refractivity contribution in [2.24, 2.45) is 7.05 Å². The number of nitrogens with two attached hydrogens (primary N) is 1. The number of aryl methyl sites for hydroxylation is 1. The van der Waals surface area contributed by atoms with Gasteiger partial charge in [0.15, 0.2) is 12.4 Å². The first-order valence-electron chi connectivity index (χ1n) is 6.01. The monoisotopic (exact) mass is 336 g/mol. The van der Waals surface area contributed by atoms with Crippen LogP contribution in [0.5, 0.6) is 5.75 Å². The van der Waals surface area contributed by atoms with Crippen molar-refractivity contribution < 1.29 is 9.53 Å². The van der Waals surface area contributed by atoms with Gasteiger partial charge in [0.25, 0.3) is 5.91 Å². The van der Waals surface area contributed by atoms with E-state index in [-0.39, 0.29) is 12.5 Å². The van der Waals surface area contributed by atoms with Crippen LogP contribution in [-0.2, 0) is 11.8 Å². The summed E-state index contributed by atoms with van der Waals surface area (Å²) in [6, 6.07) is 5.67. The Bertz CT molecular complexity index is 711. The second-order valence-corrected chi connectivity index (χ2v) is 5.39. The number of rotatable bonds is 1. The molecule has 6 nitrogen and oxygen atoms in total. The molecule has 0 spiro atoms. The van der Waals surface area contributed by atoms with Crippen molar-refractivity contribution in [1.29, 1.82) is 0 Å². The summed E-state index contributed by atoms with van der Waals surface area (Å²) in [6.07, 6.45) is 0. The first kappa shape index (κ1) is 13.0. The Morgan fingerprint density at radius 1 is 1.40 bits per heavy atom. The van der Waals surface area contributed by atoms with Crippen LogP contribution in [0.1, 0.15) is 0 Å². The second kappa shape index (κ2) is 4.52. The summed E-state index contributed by atoms with van der Waals surface area (Å²) in [7, 11) is 3.56. The molecule has 1 aromatic heterocycles. The molecule has 0 atom stereocenters. The van der Waals surface area contributed by atoms with Crippen molar-refractivity contribution in [3.63, 3.8) is 0 Å². The Kier molecular flexibility index (Phi) is 2.93. The molecule has 0 radical (unpaired) electrons. The standard InChI is InChI=1S/C13H13BrN4O2/c1-17-8-5-7(3-4-9(8)20-6-10(17)19)12-11(14)13(15)16-18(12)2/h3-5H,6H2,1-2H3,(H2,15,16). The maximum atomic E-state index is 11.7. The molecule has 0 unspecified atom stereocenters. The van der Waals surface area contributed by atoms with E-state index in [1.807, 2.05) is 25.2 Å². The third-order valence-electron chi connectivity index (χ3n) is 3.33. The normalized spacial score (nSPS) is 14.2. The van der Waals surface area contributed by atoms with Gasteiger partial charge in [-0.3, -0.25) is 9.48 Å². The molecule has 104 valence electrons. The van der Waals surface area contributed by atoms with Crippen LogP contribution in [0.4, 0.5) is 11.5 Å². The lowest BCUT2D eigenvalue weighted by Crippen LogP contribution is -2.35. The number of nitrogens with zero attached hydrogens (tertiary/aromatic N) is 3. The molecule has 0 fully saturated rings. The van der Waals surface area contributed by atoms with Crippen molar-refractivity contribution in [3.8, 4) is 17.0 Å². The van der Waals surface area contributed by atoms with E-state index in [9.17, 15) is 4.79 Å². The van der Waals surface area contributed by atoms with Gasteiger partial charge in [-0.2, -0.15) is 5.10 Å². The molecule has 1 aromatic carbocycles. The molecule has 3 rings (SSSR count). The number of amides is 1. The van der Waals surface area contributed by atoms with Gasteiger partial charge >= 0.3 is 0 Å². The van der Waals surface area contributed by atoms with E-state index in [1.165, 1.54) is 0 Å². The molecule has 1 aliphatic rings. The smallest absolute Gasteiger partial charge is 0.264 e. The zero-order valence-corrected chi connectivity index (χ0v) is 12.6. The molecule has 1 aliphatic heterocycles. The van der Waals surface area contributed by atoms with Crippen LogP contribution in [-0.4, -0.2) is 29.3 Å². The molecule has 20 heavy (non-hydrogen) atoms. The third-order valence-corrected chi connectivity index (χ3v) is 4.11. The number of anilines is 2. The first-order valence-corrected chi connectivity index (χ1v) is 6.80. The Hall–Kier alpha value is -2.02. The van der Waals surface area contributed by atoms with Crippen molar-refractivity contribution >= 4 is 33.3 Å². The maximum absolute atomic E-state index is 11.7. The van der Waals surface area contributed by atoms with Crippen molar-refractivity contribution in [2.75, 3.05) is 24.3 Å². The number of carbonyl (C=O) groups is 1. The largest absolute Gasteiger partial charge is 0.482 e. The SMILES string of the molecule is CN1C(=O)COc2ccc(-c3c(Br)c(N)nn3C)cc21. The average Bonchev–Trinajstić information content (AvgIpc) is 2.68. The predicted molar refractivity (Wildman–Crippen MR) is 79.7 cm³/mol. The van der Waals surface area contributed by atoms with Gasteiger partial charge in [0.05, 0.1) is 15.9 Å². The summed E-state index contributed by atoms with van der Waals surface area (Å²) in [5.41, 5.74) is 8.31. The fraction of sp³-hybridized carbons (Fsp3) is 0.231. The molecule has 2 aromatic rings. The van der Waals surface area contributed by atoms with E-state index in [0.717, 1.165) is 21.4 Å². The lowest BCUT2D eigenvalue weighted by molar-refractivity contribution is -0.120. The van der Waals surface area contributed by atoms with Crippen LogP contribution in [0.15, 0.2) is 22.7 Å². The summed E-state index contributed by atoms with van der Waals surface area (Å²) in [5.74, 6) is 1.06. The summed E-state index contributed by atoms with van der Waals surface area (Å²) in [5, 5.41) is 4.17. The quantitative estimate of drug-likeness (QED) is 0.861. The zero-order valence-electron chi connectivity index (χ0n) is 11.1. The van der Waals surface area contributed by atoms with Gasteiger partial charge in [-0.05, 0) is 34.1 Å². The number of halogens is 1. The molecule has 2 heterocycles. The topological polar surface area (TPSA) is 73.4 Å². The highest BCUT2D eigenvalue weighted by molar-refractivity contribution is 9.10. The lowest BCUT2D eigenvalue weighted by atomic mass is 10.1. The Morgan fingerprint density at radius 3 is 2.80 bits per heavy atom. The third kappa shape index (κ3) is 1.85. The van der Waals surface area contributed by atoms with Crippen LogP contribution in [0.3, 0.4) is 0 Å². The van der Waals surface area contributed by atoms with Crippen LogP contribution < -0.4 is 15.4 Å². The molecule has 0 bridgehead atoms. The number of nitrogen functional groups attached to an aromatic ring is 1. The van der Waals surface area contributed by atoms with Crippen LogP contribution in [0.25, 0.3) is 11.3 Å². The van der Waals surface area contributed by atoms with Crippen molar-refractivity contribution in [1.82, 2.24) is 9.78 Å². The number of hydrogen-bond donors (Lipinski definition) is 1. The molecule has 0 saturated heterocycles. The highest BCUT2D eigenvalue weighted by atomic mass is 79.9. The minimum absolute atomic E-state index is 0.0711. The van der Waals surface area contributed by atoms with E-state index >= 15 is 0 Å². The summed E-state index contributed by atoms with van der Waals surface area (Å²) in [6.45, 7) is 0.0746. The Labute approximate surface area is 124 Å². The predicted octanol–water partition coefficient (Wildman–Crippen LogP) is 1.79. The van der Waals surface area contributed by atoms with Crippen LogP contribution >= 0.6 is 15.9 Å². The number of carbonyl (C=O) groups excluding carboxylic acids is 1. The highest BCUT2D eigenvalue weighted by Crippen LogP contribution is 2.38. The fourth-order valence-corrected chi connectivity index (χ4v) is 2.82. The van der Waals surface area contributed by atoms with E-state index in [0.29, 0.717) is 11.6 Å². The molecule has 7 heteroatoms. The number of benzene rings is 1. The summed E-state index contributed by atoms with van der Waals surface area (Å²) in [4.78, 5) is 13.3. The Balaban J connectivity index is 2.15. The molecule has 2 N–H and O–H groups in total. The molecule has 1 amide bonds. The number of ether oxygens (including phenoxy) is 1. The van der Waals surface area contributed by atoms with E-state index in [1.54, 1.807) is 16.6 Å². The minimum atomic E-state index is -0.0711. The van der Waals surface area contributed by atoms with Gasteiger partial charge in [-0.1, -0.05) is 0 Å². The average molecular weight is 337 g/mol. The van der Waals surface area contributed by atoms with Crippen LogP contribution in [0.2, 0.25) is 0 Å². The van der Waals surface area contributed by atoms with Crippen molar-refractivity contribution in [2.45, 2.75) is 0 Å². The van der Waals surface area contributed by atoms with Gasteiger partial charge in [0.1, 0.15) is 5.75 Å². The van der Waals surface area contributed by atoms with Crippen molar-refractivity contribution in [3.05, 3.63) is 22.7 Å². The van der Waals surface area contributed by atoms with Gasteiger partial charge in [0.2, 0.25) is 0 Å². The number of aromatic nitrogens is 2. The lowest BCUT2D eigenvalue weighted by Gasteiger charge is -2.26. The van der Waals surface area contributed by atoms with E-state index in [4.69, 9.17) is 10.5 Å². The zero-order chi connectivity index (χ0) is 14.4. The van der Waals surface area contributed by atoms with Gasteiger partial charge < -0.3 is 15.4 Å². The first-order chi connectivity index (χ1) is 9.49. The molecule has 0 aliphatic carbocycles. The number of likely N-dealkylation sites (N-methyl/N-ethyl adjacent to an activating group) is 1. The Morgan fingerprint density at radius 2 is 2.15 bits per heavy atom. The summed E-state index contributed by atoms with van der Waals surface area (Å²) < 4.78 is 7.86. The van der Waals surface area contributed by atoms with E-state index < -0.39 is 0 Å². The highest BCUT2D eigenvalue weighted by Gasteiger charge is 2.23.